The zero-order valence-corrected chi connectivity index (χ0v) is 10.4. The van der Waals surface area contributed by atoms with Gasteiger partial charge in [0.15, 0.2) is 0 Å². The van der Waals surface area contributed by atoms with Gasteiger partial charge >= 0.3 is 0 Å². The van der Waals surface area contributed by atoms with Crippen LogP contribution in [0.5, 0.6) is 5.75 Å². The van der Waals surface area contributed by atoms with E-state index in [4.69, 9.17) is 4.74 Å². The van der Waals surface area contributed by atoms with Gasteiger partial charge in [-0.1, -0.05) is 12.1 Å². The molecular formula is C13H19NO2. The van der Waals surface area contributed by atoms with Crippen molar-refractivity contribution in [1.82, 2.24) is 4.90 Å². The van der Waals surface area contributed by atoms with Gasteiger partial charge in [0.25, 0.3) is 0 Å². The van der Waals surface area contributed by atoms with Crippen molar-refractivity contribution < 1.29 is 9.53 Å². The smallest absolute Gasteiger partial charge is 0.131 e. The average Bonchev–Trinajstić information content (AvgIpc) is 2.25. The van der Waals surface area contributed by atoms with Crippen molar-refractivity contribution in [1.29, 1.82) is 0 Å². The fourth-order valence-corrected chi connectivity index (χ4v) is 1.72. The molecule has 88 valence electrons. The number of carbonyl (C=O) groups is 1. The summed E-state index contributed by atoms with van der Waals surface area (Å²) in [5.41, 5.74) is 1.11. The molecule has 1 unspecified atom stereocenters. The number of benzene rings is 1. The Balaban J connectivity index is 2.95. The quantitative estimate of drug-likeness (QED) is 0.764. The highest BCUT2D eigenvalue weighted by Gasteiger charge is 2.16. The molecule has 0 saturated carbocycles. The third kappa shape index (κ3) is 3.35. The number of methoxy groups -OCH3 is 1. The number of hydrogen-bond donors (Lipinski definition) is 0. The van der Waals surface area contributed by atoms with Gasteiger partial charge in [0, 0.05) is 12.5 Å². The topological polar surface area (TPSA) is 29.5 Å². The molecular weight excluding hydrogens is 202 g/mol. The molecule has 1 aromatic rings. The van der Waals surface area contributed by atoms with Gasteiger partial charge < -0.3 is 9.64 Å². The third-order valence-electron chi connectivity index (χ3n) is 2.58. The Morgan fingerprint density at radius 1 is 1.44 bits per heavy atom. The lowest BCUT2D eigenvalue weighted by Crippen LogP contribution is -2.22. The van der Waals surface area contributed by atoms with Crippen LogP contribution in [0.15, 0.2) is 24.3 Å². The van der Waals surface area contributed by atoms with Crippen molar-refractivity contribution in [2.45, 2.75) is 19.4 Å². The minimum Gasteiger partial charge on any atom is -0.497 e. The lowest BCUT2D eigenvalue weighted by Gasteiger charge is -2.24. The number of ether oxygens (including phenoxy) is 1. The largest absolute Gasteiger partial charge is 0.497 e. The highest BCUT2D eigenvalue weighted by molar-refractivity contribution is 5.76. The molecule has 1 aromatic carbocycles. The molecule has 0 amide bonds. The molecule has 0 bridgehead atoms. The average molecular weight is 221 g/mol. The zero-order valence-electron chi connectivity index (χ0n) is 10.4. The molecule has 16 heavy (non-hydrogen) atoms. The summed E-state index contributed by atoms with van der Waals surface area (Å²) >= 11 is 0. The predicted octanol–water partition coefficient (Wildman–Crippen LogP) is 2.28. The van der Waals surface area contributed by atoms with Crippen LogP contribution in [0.2, 0.25) is 0 Å². The molecule has 0 radical (unpaired) electrons. The molecule has 1 atom stereocenters. The summed E-state index contributed by atoms with van der Waals surface area (Å²) in [5.74, 6) is 1.02. The molecule has 0 spiro atoms. The first-order chi connectivity index (χ1) is 7.54. The maximum Gasteiger partial charge on any atom is 0.131 e. The van der Waals surface area contributed by atoms with E-state index in [1.807, 2.05) is 38.4 Å². The van der Waals surface area contributed by atoms with Crippen molar-refractivity contribution in [2.24, 2.45) is 0 Å². The Morgan fingerprint density at radius 2 is 2.12 bits per heavy atom. The van der Waals surface area contributed by atoms with Gasteiger partial charge in [0.1, 0.15) is 11.5 Å². The van der Waals surface area contributed by atoms with Crippen LogP contribution in [0.25, 0.3) is 0 Å². The summed E-state index contributed by atoms with van der Waals surface area (Å²) in [6.45, 7) is 1.62. The van der Waals surface area contributed by atoms with Crippen LogP contribution in [0.1, 0.15) is 24.9 Å². The number of hydrogen-bond acceptors (Lipinski definition) is 3. The Morgan fingerprint density at radius 3 is 2.62 bits per heavy atom. The Labute approximate surface area is 97.0 Å². The first-order valence-corrected chi connectivity index (χ1v) is 5.34. The van der Waals surface area contributed by atoms with E-state index < -0.39 is 0 Å². The van der Waals surface area contributed by atoms with Crippen LogP contribution in [0.4, 0.5) is 0 Å². The maximum atomic E-state index is 11.2. The van der Waals surface area contributed by atoms with Gasteiger partial charge in [-0.05, 0) is 38.7 Å². The molecule has 3 heteroatoms. The molecule has 0 aliphatic rings. The van der Waals surface area contributed by atoms with Gasteiger partial charge in [-0.2, -0.15) is 0 Å². The lowest BCUT2D eigenvalue weighted by atomic mass is 10.0. The highest BCUT2D eigenvalue weighted by atomic mass is 16.5. The predicted molar refractivity (Wildman–Crippen MR) is 64.7 cm³/mol. The summed E-state index contributed by atoms with van der Waals surface area (Å²) in [7, 11) is 5.61. The van der Waals surface area contributed by atoms with Crippen molar-refractivity contribution in [2.75, 3.05) is 21.2 Å². The van der Waals surface area contributed by atoms with Crippen molar-refractivity contribution >= 4 is 5.78 Å². The van der Waals surface area contributed by atoms with E-state index >= 15 is 0 Å². The van der Waals surface area contributed by atoms with Crippen molar-refractivity contribution in [3.8, 4) is 5.75 Å². The fourth-order valence-electron chi connectivity index (χ4n) is 1.72. The Kier molecular flexibility index (Phi) is 4.50. The zero-order chi connectivity index (χ0) is 12.1. The summed E-state index contributed by atoms with van der Waals surface area (Å²) in [5, 5.41) is 0. The van der Waals surface area contributed by atoms with Gasteiger partial charge in [0.2, 0.25) is 0 Å². The van der Waals surface area contributed by atoms with E-state index in [2.05, 4.69) is 4.90 Å². The van der Waals surface area contributed by atoms with Crippen molar-refractivity contribution in [3.05, 3.63) is 29.8 Å². The number of nitrogens with zero attached hydrogens (tertiary/aromatic N) is 1. The maximum absolute atomic E-state index is 11.2. The normalized spacial score (nSPS) is 12.6. The fraction of sp³-hybridized carbons (Fsp3) is 0.462. The highest BCUT2D eigenvalue weighted by Crippen LogP contribution is 2.25. The number of ketones is 1. The lowest BCUT2D eigenvalue weighted by molar-refractivity contribution is -0.118. The van der Waals surface area contributed by atoms with Gasteiger partial charge in [-0.3, -0.25) is 4.79 Å². The minimum atomic E-state index is 0.118. The van der Waals surface area contributed by atoms with Crippen LogP contribution >= 0.6 is 0 Å². The van der Waals surface area contributed by atoms with Crippen LogP contribution < -0.4 is 4.74 Å². The molecule has 0 saturated heterocycles. The van der Waals surface area contributed by atoms with Crippen LogP contribution in [-0.2, 0) is 4.79 Å². The first kappa shape index (κ1) is 12.7. The van der Waals surface area contributed by atoms with Gasteiger partial charge in [-0.15, -0.1) is 0 Å². The molecule has 0 fully saturated rings. The molecule has 0 aliphatic carbocycles. The molecule has 0 aliphatic heterocycles. The summed E-state index contributed by atoms with van der Waals surface area (Å²) in [6, 6.07) is 7.98. The van der Waals surface area contributed by atoms with Crippen molar-refractivity contribution in [3.63, 3.8) is 0 Å². The monoisotopic (exact) mass is 221 g/mol. The molecule has 0 N–H and O–H groups in total. The van der Waals surface area contributed by atoms with E-state index in [0.717, 1.165) is 11.3 Å². The molecule has 0 aromatic heterocycles. The summed E-state index contributed by atoms with van der Waals surface area (Å²) in [6.07, 6.45) is 0.528. The number of Topliss-reactive ketones (excluding diaryl/α,β-unsaturated/α-hetero) is 1. The van der Waals surface area contributed by atoms with Crippen LogP contribution in [-0.4, -0.2) is 31.9 Å². The first-order valence-electron chi connectivity index (χ1n) is 5.34. The van der Waals surface area contributed by atoms with E-state index in [1.165, 1.54) is 0 Å². The summed E-state index contributed by atoms with van der Waals surface area (Å²) < 4.78 is 5.19. The van der Waals surface area contributed by atoms with Crippen LogP contribution in [0.3, 0.4) is 0 Å². The second-order valence-corrected chi connectivity index (χ2v) is 4.16. The second kappa shape index (κ2) is 5.66. The Hall–Kier alpha value is -1.35. The van der Waals surface area contributed by atoms with E-state index in [-0.39, 0.29) is 11.8 Å². The Bertz CT molecular complexity index is 361. The summed E-state index contributed by atoms with van der Waals surface area (Å²) in [4.78, 5) is 13.3. The molecule has 0 heterocycles. The minimum absolute atomic E-state index is 0.118. The SMILES string of the molecule is COc1cccc(C(CC(C)=O)N(C)C)c1. The third-order valence-corrected chi connectivity index (χ3v) is 2.58. The molecule has 1 rings (SSSR count). The second-order valence-electron chi connectivity index (χ2n) is 4.16. The van der Waals surface area contributed by atoms with Gasteiger partial charge in [-0.25, -0.2) is 0 Å². The van der Waals surface area contributed by atoms with E-state index in [9.17, 15) is 4.79 Å². The van der Waals surface area contributed by atoms with E-state index in [0.29, 0.717) is 6.42 Å². The molecule has 3 nitrogen and oxygen atoms in total. The van der Waals surface area contributed by atoms with Gasteiger partial charge in [0.05, 0.1) is 7.11 Å². The van der Waals surface area contributed by atoms with E-state index in [1.54, 1.807) is 14.0 Å². The number of carbonyl (C=O) groups excluding carboxylic acids is 1. The van der Waals surface area contributed by atoms with Crippen LogP contribution in [0, 0.1) is 0 Å². The standard InChI is InChI=1S/C13H19NO2/c1-10(15)8-13(14(2)3)11-6-5-7-12(9-11)16-4/h5-7,9,13H,8H2,1-4H3. The number of rotatable bonds is 5.